The van der Waals surface area contributed by atoms with E-state index in [-0.39, 0.29) is 18.1 Å². The molecular weight excluding hydrogens is 372 g/mol. The van der Waals surface area contributed by atoms with Gasteiger partial charge in [-0.3, -0.25) is 9.69 Å². The van der Waals surface area contributed by atoms with Gasteiger partial charge in [0.25, 0.3) is 0 Å². The summed E-state index contributed by atoms with van der Waals surface area (Å²) in [5.74, 6) is -1.21. The third kappa shape index (κ3) is 4.59. The Balaban J connectivity index is 1.24. The number of piperidine rings is 1. The zero-order chi connectivity index (χ0) is 20.5. The smallest absolute Gasteiger partial charge is 0.237 e. The molecule has 1 amide bonds. The van der Waals surface area contributed by atoms with Crippen LogP contribution >= 0.6 is 0 Å². The molecule has 4 fully saturated rings. The molecule has 4 aliphatic rings. The molecule has 1 N–H and O–H groups in total. The molecule has 0 aromatic rings. The number of nitrogens with zero attached hydrogens (tertiary/aromatic N) is 3. The van der Waals surface area contributed by atoms with Crippen molar-refractivity contribution in [1.29, 1.82) is 5.26 Å². The molecule has 3 atom stereocenters. The lowest BCUT2D eigenvalue weighted by Crippen LogP contribution is -2.56. The standard InChI is InChI=1S/C21H34N4O4/c1-20(2)28-18-6-4-12-27-21(18,29-20)15-24-10-7-16(8-11-24)23-14-19(26)25-9-3-5-17(25)13-22/h16-18,23H,3-12,14-15H2,1-2H3. The molecule has 0 saturated carbocycles. The molecular formula is C21H34N4O4. The molecule has 4 saturated heterocycles. The number of hydrogen-bond donors (Lipinski definition) is 1. The number of carbonyl (C=O) groups excluding carboxylic acids is 1. The van der Waals surface area contributed by atoms with Crippen LogP contribution in [-0.4, -0.2) is 84.8 Å². The van der Waals surface area contributed by atoms with Gasteiger partial charge >= 0.3 is 0 Å². The number of amides is 1. The fourth-order valence-electron chi connectivity index (χ4n) is 5.17. The molecule has 162 valence electrons. The first-order valence-electron chi connectivity index (χ1n) is 11.1. The van der Waals surface area contributed by atoms with Crippen molar-refractivity contribution in [3.8, 4) is 6.07 Å². The number of rotatable bonds is 5. The third-order valence-electron chi connectivity index (χ3n) is 6.59. The van der Waals surface area contributed by atoms with E-state index in [2.05, 4.69) is 16.3 Å². The van der Waals surface area contributed by atoms with Crippen LogP contribution < -0.4 is 5.32 Å². The average molecular weight is 407 g/mol. The first-order chi connectivity index (χ1) is 13.9. The Hall–Kier alpha value is -1.24. The molecule has 4 heterocycles. The van der Waals surface area contributed by atoms with E-state index in [0.29, 0.717) is 19.1 Å². The van der Waals surface area contributed by atoms with Crippen LogP contribution in [0.1, 0.15) is 52.4 Å². The molecule has 29 heavy (non-hydrogen) atoms. The average Bonchev–Trinajstić information content (AvgIpc) is 3.27. The maximum Gasteiger partial charge on any atom is 0.237 e. The number of nitriles is 1. The van der Waals surface area contributed by atoms with E-state index >= 15 is 0 Å². The van der Waals surface area contributed by atoms with Crippen LogP contribution in [0.4, 0.5) is 0 Å². The summed E-state index contributed by atoms with van der Waals surface area (Å²) in [6.45, 7) is 8.28. The van der Waals surface area contributed by atoms with Gasteiger partial charge in [0.15, 0.2) is 5.79 Å². The van der Waals surface area contributed by atoms with E-state index in [1.807, 2.05) is 13.8 Å². The van der Waals surface area contributed by atoms with E-state index in [9.17, 15) is 4.79 Å². The zero-order valence-electron chi connectivity index (χ0n) is 17.7. The number of ether oxygens (including phenoxy) is 3. The van der Waals surface area contributed by atoms with Crippen molar-refractivity contribution in [2.24, 2.45) is 0 Å². The lowest BCUT2D eigenvalue weighted by Gasteiger charge is -2.42. The van der Waals surface area contributed by atoms with Gasteiger partial charge in [-0.25, -0.2) is 0 Å². The van der Waals surface area contributed by atoms with E-state index in [4.69, 9.17) is 19.5 Å². The van der Waals surface area contributed by atoms with Crippen molar-refractivity contribution in [2.45, 2.75) is 82.1 Å². The fraction of sp³-hybridized carbons (Fsp3) is 0.905. The first-order valence-corrected chi connectivity index (χ1v) is 11.1. The lowest BCUT2D eigenvalue weighted by molar-refractivity contribution is -0.271. The summed E-state index contributed by atoms with van der Waals surface area (Å²) in [6, 6.07) is 2.32. The second kappa shape index (κ2) is 8.48. The van der Waals surface area contributed by atoms with Crippen molar-refractivity contribution >= 4 is 5.91 Å². The molecule has 4 rings (SSSR count). The number of nitrogens with one attached hydrogen (secondary N) is 1. The number of fused-ring (bicyclic) bond motifs is 1. The monoisotopic (exact) mass is 406 g/mol. The number of likely N-dealkylation sites (tertiary alicyclic amines) is 2. The van der Waals surface area contributed by atoms with Crippen LogP contribution in [0.15, 0.2) is 0 Å². The Kier molecular flexibility index (Phi) is 6.14. The minimum absolute atomic E-state index is 0.00624. The van der Waals surface area contributed by atoms with Crippen LogP contribution in [0.2, 0.25) is 0 Å². The second-order valence-corrected chi connectivity index (χ2v) is 9.22. The molecule has 0 aromatic heterocycles. The normalized spacial score (nSPS) is 35.4. The molecule has 0 aromatic carbocycles. The predicted molar refractivity (Wildman–Crippen MR) is 106 cm³/mol. The molecule has 3 unspecified atom stereocenters. The minimum Gasteiger partial charge on any atom is -0.346 e. The van der Waals surface area contributed by atoms with Gasteiger partial charge in [0, 0.05) is 12.6 Å². The highest BCUT2D eigenvalue weighted by Gasteiger charge is 2.56. The Bertz CT molecular complexity index is 643. The van der Waals surface area contributed by atoms with Gasteiger partial charge in [-0.15, -0.1) is 0 Å². The highest BCUT2D eigenvalue weighted by molar-refractivity contribution is 5.79. The second-order valence-electron chi connectivity index (χ2n) is 9.22. The highest BCUT2D eigenvalue weighted by atomic mass is 16.8. The van der Waals surface area contributed by atoms with Gasteiger partial charge in [0.2, 0.25) is 11.7 Å². The summed E-state index contributed by atoms with van der Waals surface area (Å²) in [5.41, 5.74) is 0. The molecule has 8 nitrogen and oxygen atoms in total. The van der Waals surface area contributed by atoms with E-state index in [1.54, 1.807) is 4.90 Å². The Labute approximate surface area is 173 Å². The van der Waals surface area contributed by atoms with Gasteiger partial charge in [-0.2, -0.15) is 5.26 Å². The number of hydrogen-bond acceptors (Lipinski definition) is 7. The molecule has 0 aliphatic carbocycles. The summed E-state index contributed by atoms with van der Waals surface area (Å²) < 4.78 is 18.5. The molecule has 0 spiro atoms. The Morgan fingerprint density at radius 3 is 2.72 bits per heavy atom. The summed E-state index contributed by atoms with van der Waals surface area (Å²) in [7, 11) is 0. The van der Waals surface area contributed by atoms with E-state index in [0.717, 1.165) is 64.8 Å². The molecule has 0 bridgehead atoms. The maximum absolute atomic E-state index is 12.4. The van der Waals surface area contributed by atoms with Crippen molar-refractivity contribution < 1.29 is 19.0 Å². The first kappa shape index (κ1) is 21.0. The maximum atomic E-state index is 12.4. The van der Waals surface area contributed by atoms with Crippen LogP contribution in [0.5, 0.6) is 0 Å². The van der Waals surface area contributed by atoms with Crippen LogP contribution in [-0.2, 0) is 19.0 Å². The van der Waals surface area contributed by atoms with Gasteiger partial charge < -0.3 is 24.4 Å². The van der Waals surface area contributed by atoms with Gasteiger partial charge in [0.1, 0.15) is 12.1 Å². The summed E-state index contributed by atoms with van der Waals surface area (Å²) in [4.78, 5) is 16.5. The van der Waals surface area contributed by atoms with Gasteiger partial charge in [-0.05, 0) is 65.5 Å². The van der Waals surface area contributed by atoms with Gasteiger partial charge in [0.05, 0.1) is 25.8 Å². The fourth-order valence-corrected chi connectivity index (χ4v) is 5.17. The Morgan fingerprint density at radius 2 is 1.97 bits per heavy atom. The SMILES string of the molecule is CC1(C)OC2CCCOC2(CN2CCC(NCC(=O)N3CCCC3C#N)CC2)O1. The summed E-state index contributed by atoms with van der Waals surface area (Å²) in [5, 5.41) is 12.6. The molecule has 4 aliphatic heterocycles. The van der Waals surface area contributed by atoms with E-state index in [1.165, 1.54) is 0 Å². The van der Waals surface area contributed by atoms with Crippen molar-refractivity contribution in [3.05, 3.63) is 0 Å². The molecule has 0 radical (unpaired) electrons. The third-order valence-corrected chi connectivity index (χ3v) is 6.59. The van der Waals surface area contributed by atoms with Crippen molar-refractivity contribution in [2.75, 3.05) is 39.3 Å². The summed E-state index contributed by atoms with van der Waals surface area (Å²) >= 11 is 0. The Morgan fingerprint density at radius 1 is 1.17 bits per heavy atom. The van der Waals surface area contributed by atoms with Crippen molar-refractivity contribution in [1.82, 2.24) is 15.1 Å². The zero-order valence-corrected chi connectivity index (χ0v) is 17.7. The predicted octanol–water partition coefficient (Wildman–Crippen LogP) is 1.21. The summed E-state index contributed by atoms with van der Waals surface area (Å²) in [6.07, 6.45) is 5.68. The van der Waals surface area contributed by atoms with Crippen LogP contribution in [0.25, 0.3) is 0 Å². The minimum atomic E-state index is -0.653. The van der Waals surface area contributed by atoms with Gasteiger partial charge in [-0.1, -0.05) is 0 Å². The number of carbonyl (C=O) groups is 1. The van der Waals surface area contributed by atoms with Crippen molar-refractivity contribution in [3.63, 3.8) is 0 Å². The topological polar surface area (TPSA) is 87.1 Å². The molecule has 8 heteroatoms. The lowest BCUT2D eigenvalue weighted by atomic mass is 9.99. The van der Waals surface area contributed by atoms with Crippen LogP contribution in [0.3, 0.4) is 0 Å². The van der Waals surface area contributed by atoms with E-state index < -0.39 is 11.6 Å². The van der Waals surface area contributed by atoms with Crippen LogP contribution in [0, 0.1) is 11.3 Å². The highest BCUT2D eigenvalue weighted by Crippen LogP contribution is 2.42. The quantitative estimate of drug-likeness (QED) is 0.734. The largest absolute Gasteiger partial charge is 0.346 e.